The summed E-state index contributed by atoms with van der Waals surface area (Å²) in [7, 11) is 0. The first-order valence-corrected chi connectivity index (χ1v) is 9.70. The molecule has 2 aliphatic rings. The highest BCUT2D eigenvalue weighted by atomic mass is 16.5. The maximum atomic E-state index is 5.39. The number of rotatable bonds is 4. The van der Waals surface area contributed by atoms with Crippen LogP contribution in [0.4, 0.5) is 0 Å². The van der Waals surface area contributed by atoms with Gasteiger partial charge in [-0.3, -0.25) is 4.90 Å². The molecule has 0 bridgehead atoms. The smallest absolute Gasteiger partial charge is 0.138 e. The van der Waals surface area contributed by atoms with Gasteiger partial charge < -0.3 is 4.52 Å². The Morgan fingerprint density at radius 2 is 1.80 bits per heavy atom. The molecule has 0 radical (unpaired) electrons. The van der Waals surface area contributed by atoms with Crippen molar-refractivity contribution in [2.24, 2.45) is 0 Å². The lowest BCUT2D eigenvalue weighted by Crippen LogP contribution is -2.24. The number of likely N-dealkylation sites (tertiary alicyclic amines) is 1. The van der Waals surface area contributed by atoms with Crippen molar-refractivity contribution >= 4 is 0 Å². The van der Waals surface area contributed by atoms with Gasteiger partial charge in [0, 0.05) is 42.0 Å². The van der Waals surface area contributed by atoms with Crippen LogP contribution in [0.1, 0.15) is 85.3 Å². The highest BCUT2D eigenvalue weighted by molar-refractivity contribution is 5.26. The van der Waals surface area contributed by atoms with Gasteiger partial charge in [0.15, 0.2) is 0 Å². The quantitative estimate of drug-likeness (QED) is 0.822. The first-order valence-electron chi connectivity index (χ1n) is 9.70. The van der Waals surface area contributed by atoms with Gasteiger partial charge in [-0.1, -0.05) is 24.4 Å². The Balaban J connectivity index is 1.46. The zero-order valence-corrected chi connectivity index (χ0v) is 15.4. The Morgan fingerprint density at radius 3 is 2.48 bits per heavy atom. The molecule has 5 heteroatoms. The molecule has 1 saturated carbocycles. The van der Waals surface area contributed by atoms with E-state index in [0.29, 0.717) is 12.0 Å². The van der Waals surface area contributed by atoms with Crippen LogP contribution in [0.5, 0.6) is 0 Å². The van der Waals surface area contributed by atoms with Crippen LogP contribution in [0.3, 0.4) is 0 Å². The molecule has 25 heavy (non-hydrogen) atoms. The second-order valence-corrected chi connectivity index (χ2v) is 7.65. The minimum Gasteiger partial charge on any atom is -0.361 e. The Bertz CT molecular complexity index is 683. The van der Waals surface area contributed by atoms with Crippen molar-refractivity contribution in [3.05, 3.63) is 40.8 Å². The normalized spacial score (nSPS) is 22.6. The largest absolute Gasteiger partial charge is 0.361 e. The predicted octanol–water partition coefficient (Wildman–Crippen LogP) is 4.47. The van der Waals surface area contributed by atoms with Gasteiger partial charge in [-0.25, -0.2) is 9.97 Å². The summed E-state index contributed by atoms with van der Waals surface area (Å²) in [6, 6.07) is 0.407. The lowest BCUT2D eigenvalue weighted by Gasteiger charge is -2.24. The van der Waals surface area contributed by atoms with E-state index in [1.54, 1.807) is 0 Å². The van der Waals surface area contributed by atoms with E-state index < -0.39 is 0 Å². The highest BCUT2D eigenvalue weighted by Crippen LogP contribution is 2.36. The molecule has 5 nitrogen and oxygen atoms in total. The fourth-order valence-electron chi connectivity index (χ4n) is 4.56. The van der Waals surface area contributed by atoms with E-state index in [0.717, 1.165) is 30.4 Å². The molecule has 0 unspecified atom stereocenters. The SMILES string of the molecule is Cc1noc(C)c1[C@@H]1CCCN1Cc1cnc(C2CCCCC2)nc1. The van der Waals surface area contributed by atoms with Crippen molar-refractivity contribution in [1.29, 1.82) is 0 Å². The number of aryl methyl sites for hydroxylation is 2. The summed E-state index contributed by atoms with van der Waals surface area (Å²) in [6.45, 7) is 6.08. The molecule has 1 saturated heterocycles. The molecular weight excluding hydrogens is 312 g/mol. The van der Waals surface area contributed by atoms with Gasteiger partial charge in [0.2, 0.25) is 0 Å². The first-order chi connectivity index (χ1) is 12.2. The molecule has 3 heterocycles. The maximum absolute atomic E-state index is 5.39. The van der Waals surface area contributed by atoms with Gasteiger partial charge in [0.05, 0.1) is 5.69 Å². The van der Waals surface area contributed by atoms with Gasteiger partial charge in [0.1, 0.15) is 11.6 Å². The van der Waals surface area contributed by atoms with Crippen molar-refractivity contribution < 1.29 is 4.52 Å². The summed E-state index contributed by atoms with van der Waals surface area (Å²) in [6.07, 6.45) is 13.0. The van der Waals surface area contributed by atoms with Crippen LogP contribution >= 0.6 is 0 Å². The molecule has 134 valence electrons. The van der Waals surface area contributed by atoms with E-state index in [1.165, 1.54) is 56.1 Å². The molecule has 0 amide bonds. The average Bonchev–Trinajstić information content (AvgIpc) is 3.22. The summed E-state index contributed by atoms with van der Waals surface area (Å²) in [5.41, 5.74) is 3.51. The van der Waals surface area contributed by atoms with Crippen LogP contribution in [0.15, 0.2) is 16.9 Å². The minimum atomic E-state index is 0.407. The molecule has 1 aliphatic carbocycles. The number of hydrogen-bond donors (Lipinski definition) is 0. The molecule has 4 rings (SSSR count). The van der Waals surface area contributed by atoms with E-state index >= 15 is 0 Å². The van der Waals surface area contributed by atoms with Crippen LogP contribution in [0.25, 0.3) is 0 Å². The van der Waals surface area contributed by atoms with Crippen LogP contribution in [-0.2, 0) is 6.54 Å². The van der Waals surface area contributed by atoms with Gasteiger partial charge >= 0.3 is 0 Å². The zero-order chi connectivity index (χ0) is 17.2. The molecule has 1 aliphatic heterocycles. The highest BCUT2D eigenvalue weighted by Gasteiger charge is 2.30. The van der Waals surface area contributed by atoms with E-state index in [2.05, 4.69) is 10.1 Å². The monoisotopic (exact) mass is 340 g/mol. The van der Waals surface area contributed by atoms with Crippen molar-refractivity contribution in [2.45, 2.75) is 77.3 Å². The molecular formula is C20H28N4O. The molecule has 2 aromatic heterocycles. The van der Waals surface area contributed by atoms with Gasteiger partial charge in [-0.15, -0.1) is 0 Å². The van der Waals surface area contributed by atoms with Gasteiger partial charge in [-0.2, -0.15) is 0 Å². The molecule has 0 spiro atoms. The molecule has 2 aromatic rings. The maximum Gasteiger partial charge on any atom is 0.138 e. The molecule has 1 atom stereocenters. The fourth-order valence-corrected chi connectivity index (χ4v) is 4.56. The molecule has 0 N–H and O–H groups in total. The third-order valence-corrected chi connectivity index (χ3v) is 5.87. The standard InChI is InChI=1S/C20H28N4O/c1-14-19(15(2)25-23-14)18-9-6-10-24(18)13-16-11-21-20(22-12-16)17-7-4-3-5-8-17/h11-12,17-18H,3-10,13H2,1-2H3/t18-/m0/s1. The summed E-state index contributed by atoms with van der Waals surface area (Å²) < 4.78 is 5.39. The van der Waals surface area contributed by atoms with E-state index in [1.807, 2.05) is 26.2 Å². The van der Waals surface area contributed by atoms with E-state index in [9.17, 15) is 0 Å². The lowest BCUT2D eigenvalue weighted by molar-refractivity contribution is 0.245. The van der Waals surface area contributed by atoms with Crippen LogP contribution in [0.2, 0.25) is 0 Å². The van der Waals surface area contributed by atoms with Crippen molar-refractivity contribution in [2.75, 3.05) is 6.54 Å². The average molecular weight is 340 g/mol. The van der Waals surface area contributed by atoms with Crippen LogP contribution < -0.4 is 0 Å². The fraction of sp³-hybridized carbons (Fsp3) is 0.650. The van der Waals surface area contributed by atoms with Gasteiger partial charge in [0.25, 0.3) is 0 Å². The summed E-state index contributed by atoms with van der Waals surface area (Å²) in [5.74, 6) is 2.58. The van der Waals surface area contributed by atoms with E-state index in [-0.39, 0.29) is 0 Å². The second-order valence-electron chi connectivity index (χ2n) is 7.65. The van der Waals surface area contributed by atoms with Crippen molar-refractivity contribution in [3.63, 3.8) is 0 Å². The molecule has 0 aromatic carbocycles. The van der Waals surface area contributed by atoms with Crippen LogP contribution in [-0.4, -0.2) is 26.6 Å². The summed E-state index contributed by atoms with van der Waals surface area (Å²) in [4.78, 5) is 11.9. The first kappa shape index (κ1) is 16.7. The number of hydrogen-bond acceptors (Lipinski definition) is 5. The van der Waals surface area contributed by atoms with E-state index in [4.69, 9.17) is 14.5 Å². The van der Waals surface area contributed by atoms with Gasteiger partial charge in [-0.05, 0) is 46.1 Å². The van der Waals surface area contributed by atoms with Crippen LogP contribution in [0, 0.1) is 13.8 Å². The predicted molar refractivity (Wildman–Crippen MR) is 96.2 cm³/mol. The number of nitrogens with zero attached hydrogens (tertiary/aromatic N) is 4. The van der Waals surface area contributed by atoms with Crippen molar-refractivity contribution in [3.8, 4) is 0 Å². The summed E-state index contributed by atoms with van der Waals surface area (Å²) >= 11 is 0. The minimum absolute atomic E-state index is 0.407. The Kier molecular flexibility index (Phi) is 4.84. The van der Waals surface area contributed by atoms with Crippen molar-refractivity contribution in [1.82, 2.24) is 20.0 Å². The Morgan fingerprint density at radius 1 is 1.04 bits per heavy atom. The number of aromatic nitrogens is 3. The third kappa shape index (κ3) is 3.47. The second kappa shape index (κ2) is 7.24. The lowest BCUT2D eigenvalue weighted by atomic mass is 9.89. The molecule has 2 fully saturated rings. The Hall–Kier alpha value is -1.75. The third-order valence-electron chi connectivity index (χ3n) is 5.87. The Labute approximate surface area is 149 Å². The topological polar surface area (TPSA) is 55.1 Å². The summed E-state index contributed by atoms with van der Waals surface area (Å²) in [5, 5.41) is 4.14. The zero-order valence-electron chi connectivity index (χ0n) is 15.4.